The van der Waals surface area contributed by atoms with E-state index < -0.39 is 0 Å². The van der Waals surface area contributed by atoms with Crippen molar-refractivity contribution in [2.24, 2.45) is 16.5 Å². The van der Waals surface area contributed by atoms with Crippen molar-refractivity contribution in [3.05, 3.63) is 0 Å². The average Bonchev–Trinajstić information content (AvgIpc) is 2.26. The molecule has 1 aliphatic heterocycles. The van der Waals surface area contributed by atoms with Gasteiger partial charge in [0.05, 0.1) is 12.7 Å². The molecule has 1 atom stereocenters. The first kappa shape index (κ1) is 14.3. The number of nitrogens with one attached hydrogen (secondary N) is 1. The molecule has 0 aliphatic carbocycles. The molecule has 1 unspecified atom stereocenters. The van der Waals surface area contributed by atoms with E-state index in [1.54, 1.807) is 0 Å². The SMILES string of the molecule is CC(C)N1CCOC(CSC(=N)N=C(N)N)C1. The fourth-order valence-corrected chi connectivity index (χ4v) is 2.35. The van der Waals surface area contributed by atoms with E-state index in [0.29, 0.717) is 11.8 Å². The molecule has 0 aromatic heterocycles. The highest BCUT2D eigenvalue weighted by Gasteiger charge is 2.22. The van der Waals surface area contributed by atoms with Crippen molar-refractivity contribution in [2.45, 2.75) is 26.0 Å². The Balaban J connectivity index is 2.32. The Morgan fingerprint density at radius 1 is 1.59 bits per heavy atom. The molecule has 0 spiro atoms. The molecule has 0 radical (unpaired) electrons. The molecule has 1 aliphatic rings. The van der Waals surface area contributed by atoms with Crippen molar-refractivity contribution < 1.29 is 4.74 Å². The lowest BCUT2D eigenvalue weighted by molar-refractivity contribution is -0.0264. The van der Waals surface area contributed by atoms with Gasteiger partial charge >= 0.3 is 0 Å². The van der Waals surface area contributed by atoms with Crippen molar-refractivity contribution >= 4 is 22.9 Å². The molecule has 0 saturated carbocycles. The number of guanidine groups is 1. The second kappa shape index (κ2) is 6.83. The maximum Gasteiger partial charge on any atom is 0.193 e. The fraction of sp³-hybridized carbons (Fsp3) is 0.800. The highest BCUT2D eigenvalue weighted by molar-refractivity contribution is 8.13. The van der Waals surface area contributed by atoms with Crippen LogP contribution in [0.15, 0.2) is 4.99 Å². The molecule has 0 amide bonds. The number of ether oxygens (including phenoxy) is 1. The molecule has 6 nitrogen and oxygen atoms in total. The fourth-order valence-electron chi connectivity index (χ4n) is 1.63. The third-order valence-corrected chi connectivity index (χ3v) is 3.44. The summed E-state index contributed by atoms with van der Waals surface area (Å²) in [7, 11) is 0. The van der Waals surface area contributed by atoms with Crippen LogP contribution in [0.3, 0.4) is 0 Å². The second-order valence-corrected chi connectivity index (χ2v) is 5.24. The molecule has 0 aromatic rings. The molecular weight excluding hydrogens is 238 g/mol. The van der Waals surface area contributed by atoms with Gasteiger partial charge in [0.2, 0.25) is 0 Å². The molecule has 1 saturated heterocycles. The largest absolute Gasteiger partial charge is 0.375 e. The Kier molecular flexibility index (Phi) is 5.73. The number of morpholine rings is 1. The van der Waals surface area contributed by atoms with Crippen LogP contribution < -0.4 is 11.5 Å². The monoisotopic (exact) mass is 259 g/mol. The quantitative estimate of drug-likeness (QED) is 0.490. The Morgan fingerprint density at radius 3 is 2.88 bits per heavy atom. The van der Waals surface area contributed by atoms with Gasteiger partial charge in [0, 0.05) is 24.9 Å². The van der Waals surface area contributed by atoms with Crippen LogP contribution in [0.4, 0.5) is 0 Å². The number of thioether (sulfide) groups is 1. The van der Waals surface area contributed by atoms with Gasteiger partial charge in [0.15, 0.2) is 11.1 Å². The smallest absolute Gasteiger partial charge is 0.193 e. The minimum Gasteiger partial charge on any atom is -0.375 e. The summed E-state index contributed by atoms with van der Waals surface area (Å²) in [4.78, 5) is 6.04. The highest BCUT2D eigenvalue weighted by Crippen LogP contribution is 2.14. The minimum atomic E-state index is -0.0733. The van der Waals surface area contributed by atoms with Gasteiger partial charge in [0.25, 0.3) is 0 Å². The van der Waals surface area contributed by atoms with Crippen molar-refractivity contribution in [1.82, 2.24) is 4.90 Å². The van der Waals surface area contributed by atoms with E-state index >= 15 is 0 Å². The van der Waals surface area contributed by atoms with Gasteiger partial charge in [0.1, 0.15) is 0 Å². The number of nitrogens with two attached hydrogens (primary N) is 2. The predicted octanol–water partition coefficient (Wildman–Crippen LogP) is 0.0370. The maximum atomic E-state index is 7.52. The Morgan fingerprint density at radius 2 is 2.29 bits per heavy atom. The lowest BCUT2D eigenvalue weighted by atomic mass is 10.2. The van der Waals surface area contributed by atoms with Crippen molar-refractivity contribution in [2.75, 3.05) is 25.4 Å². The van der Waals surface area contributed by atoms with E-state index in [1.807, 2.05) is 0 Å². The molecule has 5 N–H and O–H groups in total. The third-order valence-electron chi connectivity index (χ3n) is 2.54. The minimum absolute atomic E-state index is 0.0733. The Bertz CT molecular complexity index is 290. The average molecular weight is 259 g/mol. The van der Waals surface area contributed by atoms with E-state index in [-0.39, 0.29) is 17.2 Å². The van der Waals surface area contributed by atoms with Gasteiger partial charge < -0.3 is 16.2 Å². The summed E-state index contributed by atoms with van der Waals surface area (Å²) in [6, 6.07) is 0.531. The maximum absolute atomic E-state index is 7.52. The van der Waals surface area contributed by atoms with Crippen LogP contribution in [0.2, 0.25) is 0 Å². The van der Waals surface area contributed by atoms with Crippen LogP contribution in [0.25, 0.3) is 0 Å². The normalized spacial score (nSPS) is 21.5. The van der Waals surface area contributed by atoms with Crippen LogP contribution in [0.1, 0.15) is 13.8 Å². The van der Waals surface area contributed by atoms with Gasteiger partial charge in [-0.1, -0.05) is 11.8 Å². The Labute approximate surface area is 106 Å². The molecule has 98 valence electrons. The van der Waals surface area contributed by atoms with Crippen molar-refractivity contribution in [1.29, 1.82) is 5.41 Å². The van der Waals surface area contributed by atoms with Crippen LogP contribution in [-0.4, -0.2) is 53.6 Å². The number of hydrogen-bond acceptors (Lipinski definition) is 4. The van der Waals surface area contributed by atoms with Crippen LogP contribution in [0.5, 0.6) is 0 Å². The number of nitrogens with zero attached hydrogens (tertiary/aromatic N) is 2. The lowest BCUT2D eigenvalue weighted by Crippen LogP contribution is -2.46. The molecule has 0 aromatic carbocycles. The first-order chi connectivity index (χ1) is 7.99. The summed E-state index contributed by atoms with van der Waals surface area (Å²) in [5.74, 6) is 0.634. The topological polar surface area (TPSA) is 101 Å². The zero-order valence-electron chi connectivity index (χ0n) is 10.3. The summed E-state index contributed by atoms with van der Waals surface area (Å²) >= 11 is 1.31. The van der Waals surface area contributed by atoms with E-state index in [0.717, 1.165) is 19.7 Å². The summed E-state index contributed by atoms with van der Waals surface area (Å²) in [6.07, 6.45) is 0.144. The second-order valence-electron chi connectivity index (χ2n) is 4.23. The first-order valence-electron chi connectivity index (χ1n) is 5.65. The summed E-state index contributed by atoms with van der Waals surface area (Å²) in [5, 5.41) is 7.65. The molecule has 1 rings (SSSR count). The van der Waals surface area contributed by atoms with Gasteiger partial charge in [-0.25, -0.2) is 0 Å². The zero-order chi connectivity index (χ0) is 12.8. The van der Waals surface area contributed by atoms with E-state index in [9.17, 15) is 0 Å². The van der Waals surface area contributed by atoms with E-state index in [2.05, 4.69) is 23.7 Å². The highest BCUT2D eigenvalue weighted by atomic mass is 32.2. The van der Waals surface area contributed by atoms with Crippen molar-refractivity contribution in [3.63, 3.8) is 0 Å². The van der Waals surface area contributed by atoms with Crippen LogP contribution >= 0.6 is 11.8 Å². The standard InChI is InChI=1S/C10H21N5OS/c1-7(2)15-3-4-16-8(5-15)6-17-10(13)14-9(11)12/h7-8H,3-6H2,1-2H3,(H5,11,12,13,14). The molecular formula is C10H21N5OS. The van der Waals surface area contributed by atoms with Gasteiger partial charge in [-0.15, -0.1) is 0 Å². The molecule has 17 heavy (non-hydrogen) atoms. The van der Waals surface area contributed by atoms with Crippen LogP contribution in [-0.2, 0) is 4.74 Å². The lowest BCUT2D eigenvalue weighted by Gasteiger charge is -2.35. The molecule has 1 heterocycles. The van der Waals surface area contributed by atoms with E-state index in [1.165, 1.54) is 11.8 Å². The number of aliphatic imine (C=N–C) groups is 1. The zero-order valence-corrected chi connectivity index (χ0v) is 11.2. The predicted molar refractivity (Wildman–Crippen MR) is 72.4 cm³/mol. The molecule has 7 heteroatoms. The van der Waals surface area contributed by atoms with E-state index in [4.69, 9.17) is 21.6 Å². The Hall–Kier alpha value is -0.790. The third kappa shape index (κ3) is 5.38. The van der Waals surface area contributed by atoms with Crippen molar-refractivity contribution in [3.8, 4) is 0 Å². The van der Waals surface area contributed by atoms with Gasteiger partial charge in [-0.2, -0.15) is 4.99 Å². The number of rotatable bonds is 3. The van der Waals surface area contributed by atoms with Gasteiger partial charge in [-0.3, -0.25) is 10.3 Å². The summed E-state index contributed by atoms with van der Waals surface area (Å²) in [6.45, 7) is 6.98. The number of amidine groups is 1. The molecule has 0 bridgehead atoms. The number of hydrogen-bond donors (Lipinski definition) is 3. The van der Waals surface area contributed by atoms with Crippen LogP contribution in [0, 0.1) is 5.41 Å². The molecule has 1 fully saturated rings. The first-order valence-corrected chi connectivity index (χ1v) is 6.64. The summed E-state index contributed by atoms with van der Waals surface area (Å²) in [5.41, 5.74) is 10.4. The summed E-state index contributed by atoms with van der Waals surface area (Å²) < 4.78 is 5.64. The van der Waals surface area contributed by atoms with Gasteiger partial charge in [-0.05, 0) is 13.8 Å².